The summed E-state index contributed by atoms with van der Waals surface area (Å²) in [4.78, 5) is 0. The summed E-state index contributed by atoms with van der Waals surface area (Å²) < 4.78 is 5.92. The van der Waals surface area contributed by atoms with Crippen LogP contribution >= 0.6 is 0 Å². The predicted molar refractivity (Wildman–Crippen MR) is 80.8 cm³/mol. The minimum Gasteiger partial charge on any atom is -0.492 e. The van der Waals surface area contributed by atoms with Crippen molar-refractivity contribution in [1.82, 2.24) is 5.32 Å². The molecule has 0 spiro atoms. The van der Waals surface area contributed by atoms with Crippen LogP contribution in [0.4, 0.5) is 0 Å². The zero-order valence-corrected chi connectivity index (χ0v) is 12.5. The molecule has 1 aliphatic rings. The molecule has 0 aliphatic heterocycles. The Morgan fingerprint density at radius 2 is 1.95 bits per heavy atom. The highest BCUT2D eigenvalue weighted by molar-refractivity contribution is 5.39. The number of nitrogens with one attached hydrogen (secondary N) is 1. The number of benzene rings is 1. The van der Waals surface area contributed by atoms with Crippen LogP contribution in [0.15, 0.2) is 18.2 Å². The number of hydrogen-bond acceptors (Lipinski definition) is 2. The number of hydrogen-bond donors (Lipinski definition) is 1. The van der Waals surface area contributed by atoms with Crippen molar-refractivity contribution in [1.29, 1.82) is 0 Å². The van der Waals surface area contributed by atoms with Gasteiger partial charge in [0.2, 0.25) is 0 Å². The topological polar surface area (TPSA) is 21.3 Å². The Morgan fingerprint density at radius 3 is 2.63 bits per heavy atom. The van der Waals surface area contributed by atoms with Gasteiger partial charge in [0.15, 0.2) is 0 Å². The van der Waals surface area contributed by atoms with Crippen LogP contribution in [-0.4, -0.2) is 19.2 Å². The molecule has 0 aromatic heterocycles. The molecule has 0 radical (unpaired) electrons. The number of ether oxygens (including phenoxy) is 1. The highest BCUT2D eigenvalue weighted by Crippen LogP contribution is 2.24. The lowest BCUT2D eigenvalue weighted by molar-refractivity contribution is 0.265. The molecule has 0 bridgehead atoms. The van der Waals surface area contributed by atoms with Gasteiger partial charge in [-0.2, -0.15) is 0 Å². The first-order valence-corrected chi connectivity index (χ1v) is 7.59. The Labute approximate surface area is 117 Å². The van der Waals surface area contributed by atoms with E-state index in [9.17, 15) is 0 Å². The molecule has 1 aromatic rings. The van der Waals surface area contributed by atoms with Crippen LogP contribution < -0.4 is 10.1 Å². The minimum absolute atomic E-state index is 0.699. The Kier molecular flexibility index (Phi) is 5.26. The van der Waals surface area contributed by atoms with Crippen LogP contribution in [0.1, 0.15) is 43.7 Å². The van der Waals surface area contributed by atoms with Crippen molar-refractivity contribution in [3.63, 3.8) is 0 Å². The fourth-order valence-corrected chi connectivity index (χ4v) is 3.06. The van der Waals surface area contributed by atoms with E-state index in [4.69, 9.17) is 4.74 Å². The van der Waals surface area contributed by atoms with E-state index in [2.05, 4.69) is 44.3 Å². The second kappa shape index (κ2) is 6.95. The van der Waals surface area contributed by atoms with Gasteiger partial charge in [0, 0.05) is 12.6 Å². The molecule has 2 heteroatoms. The minimum atomic E-state index is 0.699. The van der Waals surface area contributed by atoms with Gasteiger partial charge in [-0.05, 0) is 43.7 Å². The highest BCUT2D eigenvalue weighted by atomic mass is 16.5. The van der Waals surface area contributed by atoms with Crippen molar-refractivity contribution in [3.8, 4) is 5.75 Å². The van der Waals surface area contributed by atoms with Crippen molar-refractivity contribution in [2.24, 2.45) is 5.92 Å². The third-order valence-electron chi connectivity index (χ3n) is 4.13. The van der Waals surface area contributed by atoms with E-state index < -0.39 is 0 Å². The van der Waals surface area contributed by atoms with Crippen molar-refractivity contribution in [3.05, 3.63) is 29.3 Å². The van der Waals surface area contributed by atoms with Gasteiger partial charge in [-0.25, -0.2) is 0 Å². The zero-order valence-electron chi connectivity index (χ0n) is 12.5. The lowest BCUT2D eigenvalue weighted by Gasteiger charge is -2.27. The maximum Gasteiger partial charge on any atom is 0.125 e. The second-order valence-electron chi connectivity index (χ2n) is 5.99. The first kappa shape index (κ1) is 14.4. The number of rotatable bonds is 5. The van der Waals surface area contributed by atoms with Crippen molar-refractivity contribution < 1.29 is 4.74 Å². The van der Waals surface area contributed by atoms with Gasteiger partial charge in [-0.3, -0.25) is 0 Å². The van der Waals surface area contributed by atoms with E-state index in [1.807, 2.05) is 0 Å². The molecule has 1 saturated carbocycles. The molecule has 0 heterocycles. The summed E-state index contributed by atoms with van der Waals surface area (Å²) in [5.74, 6) is 1.94. The highest BCUT2D eigenvalue weighted by Gasteiger charge is 2.17. The van der Waals surface area contributed by atoms with Gasteiger partial charge in [-0.15, -0.1) is 0 Å². The largest absolute Gasteiger partial charge is 0.492 e. The first-order chi connectivity index (χ1) is 9.16. The van der Waals surface area contributed by atoms with E-state index in [0.29, 0.717) is 6.04 Å². The van der Waals surface area contributed by atoms with Crippen LogP contribution in [0.3, 0.4) is 0 Å². The summed E-state index contributed by atoms with van der Waals surface area (Å²) in [5.41, 5.74) is 2.46. The molecule has 1 aliphatic carbocycles. The molecule has 2 unspecified atom stereocenters. The van der Waals surface area contributed by atoms with Crippen molar-refractivity contribution >= 4 is 0 Å². The SMILES string of the molecule is Cc1cccc(C)c1OCCNC1CCCC(C)C1. The lowest BCUT2D eigenvalue weighted by atomic mass is 9.87. The summed E-state index contributed by atoms with van der Waals surface area (Å²) in [6, 6.07) is 7.00. The monoisotopic (exact) mass is 261 g/mol. The molecule has 106 valence electrons. The molecule has 1 fully saturated rings. The van der Waals surface area contributed by atoms with E-state index >= 15 is 0 Å². The smallest absolute Gasteiger partial charge is 0.125 e. The fraction of sp³-hybridized carbons (Fsp3) is 0.647. The molecule has 19 heavy (non-hydrogen) atoms. The van der Waals surface area contributed by atoms with Crippen LogP contribution in [0.2, 0.25) is 0 Å². The van der Waals surface area contributed by atoms with Gasteiger partial charge >= 0.3 is 0 Å². The van der Waals surface area contributed by atoms with Crippen LogP contribution in [-0.2, 0) is 0 Å². The standard InChI is InChI=1S/C17H27NO/c1-13-6-4-9-16(12-13)18-10-11-19-17-14(2)7-5-8-15(17)3/h5,7-8,13,16,18H,4,6,9-12H2,1-3H3. The van der Waals surface area contributed by atoms with Gasteiger partial charge in [0.1, 0.15) is 12.4 Å². The summed E-state index contributed by atoms with van der Waals surface area (Å²) in [5, 5.41) is 3.64. The summed E-state index contributed by atoms with van der Waals surface area (Å²) in [6.07, 6.45) is 5.42. The Bertz CT molecular complexity index is 382. The molecule has 1 N–H and O–H groups in total. The van der Waals surface area contributed by atoms with E-state index in [1.54, 1.807) is 0 Å². The van der Waals surface area contributed by atoms with Gasteiger partial charge in [0.25, 0.3) is 0 Å². The summed E-state index contributed by atoms with van der Waals surface area (Å²) >= 11 is 0. The first-order valence-electron chi connectivity index (χ1n) is 7.59. The molecule has 1 aromatic carbocycles. The van der Waals surface area contributed by atoms with Crippen molar-refractivity contribution in [2.75, 3.05) is 13.2 Å². The van der Waals surface area contributed by atoms with Gasteiger partial charge in [-0.1, -0.05) is 38.0 Å². The van der Waals surface area contributed by atoms with Crippen LogP contribution in [0.25, 0.3) is 0 Å². The van der Waals surface area contributed by atoms with E-state index in [0.717, 1.165) is 24.8 Å². The van der Waals surface area contributed by atoms with Gasteiger partial charge in [0.05, 0.1) is 0 Å². The fourth-order valence-electron chi connectivity index (χ4n) is 3.06. The average Bonchev–Trinajstić information content (AvgIpc) is 2.37. The Hall–Kier alpha value is -1.02. The molecular formula is C17H27NO. The quantitative estimate of drug-likeness (QED) is 0.813. The number of aryl methyl sites for hydroxylation is 2. The predicted octanol–water partition coefficient (Wildman–Crippen LogP) is 3.85. The third kappa shape index (κ3) is 4.24. The van der Waals surface area contributed by atoms with Gasteiger partial charge < -0.3 is 10.1 Å². The van der Waals surface area contributed by atoms with Crippen molar-refractivity contribution in [2.45, 2.75) is 52.5 Å². The molecule has 2 rings (SSSR count). The molecule has 2 atom stereocenters. The van der Waals surface area contributed by atoms with E-state index in [-0.39, 0.29) is 0 Å². The molecule has 0 saturated heterocycles. The Balaban J connectivity index is 1.72. The Morgan fingerprint density at radius 1 is 1.21 bits per heavy atom. The number of para-hydroxylation sites is 1. The lowest BCUT2D eigenvalue weighted by Crippen LogP contribution is -2.36. The second-order valence-corrected chi connectivity index (χ2v) is 5.99. The molecule has 2 nitrogen and oxygen atoms in total. The normalized spacial score (nSPS) is 23.3. The summed E-state index contributed by atoms with van der Waals surface area (Å²) in [6.45, 7) is 8.29. The van der Waals surface area contributed by atoms with E-state index in [1.165, 1.54) is 36.8 Å². The average molecular weight is 261 g/mol. The zero-order chi connectivity index (χ0) is 13.7. The maximum atomic E-state index is 5.92. The molecule has 0 amide bonds. The van der Waals surface area contributed by atoms with Crippen LogP contribution in [0.5, 0.6) is 5.75 Å². The van der Waals surface area contributed by atoms with Crippen LogP contribution in [0, 0.1) is 19.8 Å². The maximum absolute atomic E-state index is 5.92. The summed E-state index contributed by atoms with van der Waals surface area (Å²) in [7, 11) is 0. The third-order valence-corrected chi connectivity index (χ3v) is 4.13. The molecular weight excluding hydrogens is 234 g/mol.